The monoisotopic (exact) mass is 218 g/mol. The fourth-order valence-electron chi connectivity index (χ4n) is 2.42. The minimum Gasteiger partial charge on any atom is -0.326 e. The zero-order valence-electron chi connectivity index (χ0n) is 8.28. The van der Waals surface area contributed by atoms with E-state index in [1.54, 1.807) is 0 Å². The van der Waals surface area contributed by atoms with Crippen LogP contribution in [-0.2, 0) is 9.84 Å². The van der Waals surface area contributed by atoms with Gasteiger partial charge in [-0.1, -0.05) is 6.42 Å². The Kier molecular flexibility index (Phi) is 2.81. The van der Waals surface area contributed by atoms with Gasteiger partial charge >= 0.3 is 0 Å². The van der Waals surface area contributed by atoms with Crippen LogP contribution in [-0.4, -0.2) is 38.0 Å². The smallest absolute Gasteiger partial charge is 0.151 e. The zero-order valence-corrected chi connectivity index (χ0v) is 9.09. The summed E-state index contributed by atoms with van der Waals surface area (Å²) in [7, 11) is -2.76. The largest absolute Gasteiger partial charge is 0.326 e. The maximum atomic E-state index is 11.2. The molecule has 3 atom stereocenters. The van der Waals surface area contributed by atoms with Gasteiger partial charge in [0.2, 0.25) is 0 Å². The molecule has 0 aromatic carbocycles. The molecule has 0 aromatic heterocycles. The molecule has 2 aliphatic rings. The van der Waals surface area contributed by atoms with Crippen molar-refractivity contribution in [3.05, 3.63) is 0 Å². The van der Waals surface area contributed by atoms with E-state index >= 15 is 0 Å². The summed E-state index contributed by atoms with van der Waals surface area (Å²) in [4.78, 5) is 0. The van der Waals surface area contributed by atoms with Crippen LogP contribution in [0.2, 0.25) is 0 Å². The predicted octanol–water partition coefficient (Wildman–Crippen LogP) is -0.357. The Morgan fingerprint density at radius 2 is 2.00 bits per heavy atom. The number of nitrogens with two attached hydrogens (primary N) is 1. The van der Waals surface area contributed by atoms with Crippen molar-refractivity contribution < 1.29 is 8.42 Å². The first-order chi connectivity index (χ1) is 6.57. The van der Waals surface area contributed by atoms with Gasteiger partial charge in [-0.2, -0.15) is 0 Å². The van der Waals surface area contributed by atoms with Crippen LogP contribution in [0.4, 0.5) is 0 Å². The Morgan fingerprint density at radius 3 is 2.50 bits per heavy atom. The summed E-state index contributed by atoms with van der Waals surface area (Å²) < 4.78 is 22.5. The van der Waals surface area contributed by atoms with Crippen molar-refractivity contribution in [3.8, 4) is 0 Å². The van der Waals surface area contributed by atoms with E-state index in [4.69, 9.17) is 5.73 Å². The van der Waals surface area contributed by atoms with Gasteiger partial charge in [-0.15, -0.1) is 0 Å². The fraction of sp³-hybridized carbons (Fsp3) is 1.00. The normalized spacial score (nSPS) is 41.6. The highest BCUT2D eigenvalue weighted by atomic mass is 32.2. The first kappa shape index (κ1) is 10.4. The lowest BCUT2D eigenvalue weighted by atomic mass is 10.1. The van der Waals surface area contributed by atoms with Crippen LogP contribution < -0.4 is 11.1 Å². The maximum Gasteiger partial charge on any atom is 0.151 e. The SMILES string of the molecule is NC1CCCC1NC1CCS(=O)(=O)C1. The van der Waals surface area contributed by atoms with E-state index in [0.717, 1.165) is 25.7 Å². The van der Waals surface area contributed by atoms with E-state index in [1.807, 2.05) is 0 Å². The molecule has 4 nitrogen and oxygen atoms in total. The van der Waals surface area contributed by atoms with E-state index in [1.165, 1.54) is 0 Å². The summed E-state index contributed by atoms with van der Waals surface area (Å²) in [5.41, 5.74) is 5.91. The lowest BCUT2D eigenvalue weighted by molar-refractivity contribution is 0.423. The zero-order chi connectivity index (χ0) is 10.2. The van der Waals surface area contributed by atoms with E-state index in [2.05, 4.69) is 5.32 Å². The molecule has 5 heteroatoms. The highest BCUT2D eigenvalue weighted by molar-refractivity contribution is 7.91. The average Bonchev–Trinajstić information content (AvgIpc) is 2.61. The third-order valence-corrected chi connectivity index (χ3v) is 5.02. The molecule has 0 aromatic rings. The lowest BCUT2D eigenvalue weighted by Crippen LogP contribution is -2.46. The first-order valence-electron chi connectivity index (χ1n) is 5.29. The number of hydrogen-bond acceptors (Lipinski definition) is 4. The molecular weight excluding hydrogens is 200 g/mol. The number of sulfone groups is 1. The van der Waals surface area contributed by atoms with Gasteiger partial charge in [-0.25, -0.2) is 8.42 Å². The van der Waals surface area contributed by atoms with Crippen molar-refractivity contribution >= 4 is 9.84 Å². The molecule has 3 N–H and O–H groups in total. The summed E-state index contributed by atoms with van der Waals surface area (Å²) in [6, 6.07) is 0.709. The molecule has 14 heavy (non-hydrogen) atoms. The van der Waals surface area contributed by atoms with Crippen molar-refractivity contribution in [2.45, 2.75) is 43.8 Å². The van der Waals surface area contributed by atoms with Crippen molar-refractivity contribution in [2.24, 2.45) is 5.73 Å². The minimum absolute atomic E-state index is 0.147. The molecule has 2 rings (SSSR count). The summed E-state index contributed by atoms with van der Waals surface area (Å²) in [5, 5.41) is 3.38. The topological polar surface area (TPSA) is 72.2 Å². The Bertz CT molecular complexity index is 302. The second kappa shape index (κ2) is 3.79. The van der Waals surface area contributed by atoms with Gasteiger partial charge < -0.3 is 11.1 Å². The highest BCUT2D eigenvalue weighted by Gasteiger charge is 2.32. The maximum absolute atomic E-state index is 11.2. The standard InChI is InChI=1S/C9H18N2O2S/c10-8-2-1-3-9(8)11-7-4-5-14(12,13)6-7/h7-9,11H,1-6,10H2. The van der Waals surface area contributed by atoms with Crippen molar-refractivity contribution in [1.82, 2.24) is 5.32 Å². The molecule has 82 valence electrons. The van der Waals surface area contributed by atoms with Gasteiger partial charge in [0.25, 0.3) is 0 Å². The van der Waals surface area contributed by atoms with Gasteiger partial charge in [0.1, 0.15) is 0 Å². The van der Waals surface area contributed by atoms with Gasteiger partial charge in [0.05, 0.1) is 11.5 Å². The number of nitrogens with one attached hydrogen (secondary N) is 1. The number of hydrogen-bond donors (Lipinski definition) is 2. The molecule has 0 spiro atoms. The molecule has 0 radical (unpaired) electrons. The third kappa shape index (κ3) is 2.27. The Hall–Kier alpha value is -0.130. The van der Waals surface area contributed by atoms with E-state index in [9.17, 15) is 8.42 Å². The van der Waals surface area contributed by atoms with Crippen LogP contribution in [0.3, 0.4) is 0 Å². The summed E-state index contributed by atoms with van der Waals surface area (Å²) in [6.07, 6.45) is 4.08. The van der Waals surface area contributed by atoms with Crippen molar-refractivity contribution in [1.29, 1.82) is 0 Å². The molecule has 1 aliphatic heterocycles. The Balaban J connectivity index is 1.87. The van der Waals surface area contributed by atoms with Crippen LogP contribution in [0.25, 0.3) is 0 Å². The van der Waals surface area contributed by atoms with Gasteiger partial charge in [-0.05, 0) is 19.3 Å². The molecule has 2 fully saturated rings. The molecule has 0 amide bonds. The van der Waals surface area contributed by atoms with E-state index < -0.39 is 9.84 Å². The van der Waals surface area contributed by atoms with E-state index in [-0.39, 0.29) is 12.1 Å². The quantitative estimate of drug-likeness (QED) is 0.664. The Morgan fingerprint density at radius 1 is 1.21 bits per heavy atom. The first-order valence-corrected chi connectivity index (χ1v) is 7.11. The minimum atomic E-state index is -2.76. The molecule has 1 saturated carbocycles. The second-order valence-electron chi connectivity index (χ2n) is 4.47. The molecule has 1 heterocycles. The molecule has 0 bridgehead atoms. The van der Waals surface area contributed by atoms with Crippen LogP contribution in [0, 0.1) is 0 Å². The molecule has 3 unspecified atom stereocenters. The van der Waals surface area contributed by atoms with Gasteiger partial charge in [0.15, 0.2) is 9.84 Å². The van der Waals surface area contributed by atoms with Gasteiger partial charge in [-0.3, -0.25) is 0 Å². The summed E-state index contributed by atoms with van der Waals surface area (Å²) in [6.45, 7) is 0. The summed E-state index contributed by atoms with van der Waals surface area (Å²) >= 11 is 0. The predicted molar refractivity (Wildman–Crippen MR) is 55.8 cm³/mol. The molecular formula is C9H18N2O2S. The second-order valence-corrected chi connectivity index (χ2v) is 6.70. The lowest BCUT2D eigenvalue weighted by Gasteiger charge is -2.21. The van der Waals surface area contributed by atoms with Crippen molar-refractivity contribution in [2.75, 3.05) is 11.5 Å². The van der Waals surface area contributed by atoms with Crippen LogP contribution in [0.5, 0.6) is 0 Å². The Labute approximate surface area is 85.2 Å². The summed E-state index contributed by atoms with van der Waals surface area (Å²) in [5.74, 6) is 0.642. The van der Waals surface area contributed by atoms with E-state index in [0.29, 0.717) is 17.5 Å². The highest BCUT2D eigenvalue weighted by Crippen LogP contribution is 2.20. The molecule has 1 aliphatic carbocycles. The van der Waals surface area contributed by atoms with Crippen LogP contribution in [0.15, 0.2) is 0 Å². The van der Waals surface area contributed by atoms with Crippen molar-refractivity contribution in [3.63, 3.8) is 0 Å². The third-order valence-electron chi connectivity index (χ3n) is 3.25. The van der Waals surface area contributed by atoms with Gasteiger partial charge in [0, 0.05) is 18.1 Å². The molecule has 1 saturated heterocycles. The van der Waals surface area contributed by atoms with Crippen LogP contribution in [0.1, 0.15) is 25.7 Å². The number of rotatable bonds is 2. The average molecular weight is 218 g/mol. The van der Waals surface area contributed by atoms with Crippen LogP contribution >= 0.6 is 0 Å². The fourth-order valence-corrected chi connectivity index (χ4v) is 4.11.